The largest absolute Gasteiger partial charge is 0.497 e. The second kappa shape index (κ2) is 8.47. The highest BCUT2D eigenvalue weighted by atomic mass is 16.5. The summed E-state index contributed by atoms with van der Waals surface area (Å²) in [5.41, 5.74) is 3.09. The molecule has 20 heavy (non-hydrogen) atoms. The lowest BCUT2D eigenvalue weighted by atomic mass is 10.2. The maximum Gasteiger partial charge on any atom is 0.249 e. The molecule has 0 unspecified atom stereocenters. The molecular formula is C14H17N3O3. The zero-order valence-electron chi connectivity index (χ0n) is 11.3. The van der Waals surface area contributed by atoms with Gasteiger partial charge in [-0.2, -0.15) is 5.10 Å². The van der Waals surface area contributed by atoms with E-state index < -0.39 is 5.91 Å². The van der Waals surface area contributed by atoms with Crippen LogP contribution in [0.15, 0.2) is 42.0 Å². The summed E-state index contributed by atoms with van der Waals surface area (Å²) in [7, 11) is 1.58. The topological polar surface area (TPSA) is 79.8 Å². The number of amides is 2. The Kier molecular flexibility index (Phi) is 6.53. The van der Waals surface area contributed by atoms with Crippen LogP contribution in [-0.2, 0) is 9.59 Å². The van der Waals surface area contributed by atoms with E-state index in [1.54, 1.807) is 31.4 Å². The Morgan fingerprint density at radius 3 is 2.60 bits per heavy atom. The quantitative estimate of drug-likeness (QED) is 0.335. The molecule has 0 aliphatic rings. The van der Waals surface area contributed by atoms with Gasteiger partial charge in [0.25, 0.3) is 0 Å². The Morgan fingerprint density at radius 2 is 2.00 bits per heavy atom. The molecule has 0 bridgehead atoms. The number of nitrogens with one attached hydrogen (secondary N) is 2. The monoisotopic (exact) mass is 275 g/mol. The summed E-state index contributed by atoms with van der Waals surface area (Å²) in [6, 6.07) is 7.16. The minimum Gasteiger partial charge on any atom is -0.497 e. The number of carbonyl (C=O) groups excluding carboxylic acids is 2. The van der Waals surface area contributed by atoms with E-state index >= 15 is 0 Å². The number of methoxy groups -OCH3 is 1. The van der Waals surface area contributed by atoms with E-state index in [1.165, 1.54) is 12.3 Å². The summed E-state index contributed by atoms with van der Waals surface area (Å²) in [5, 5.41) is 6.27. The Bertz CT molecular complexity index is 495. The standard InChI is InChI=1S/C14H17N3O3/c1-3-8-15-13(18)9-14(19)17-16-10-11-4-6-12(20-2)7-5-11/h3-7,10H,1,8-9H2,2H3,(H,15,18)(H,17,19)/b16-10+. The molecule has 106 valence electrons. The molecule has 0 aromatic heterocycles. The predicted molar refractivity (Wildman–Crippen MR) is 76.6 cm³/mol. The molecule has 0 heterocycles. The minimum absolute atomic E-state index is 0.270. The Labute approximate surface area is 117 Å². The van der Waals surface area contributed by atoms with E-state index in [4.69, 9.17) is 4.74 Å². The fourth-order valence-electron chi connectivity index (χ4n) is 1.30. The maximum absolute atomic E-state index is 11.4. The molecule has 0 atom stereocenters. The molecule has 0 aliphatic carbocycles. The van der Waals surface area contributed by atoms with E-state index in [2.05, 4.69) is 22.4 Å². The molecule has 0 saturated carbocycles. The van der Waals surface area contributed by atoms with E-state index in [9.17, 15) is 9.59 Å². The normalized spacial score (nSPS) is 10.1. The van der Waals surface area contributed by atoms with Gasteiger partial charge in [0.1, 0.15) is 12.2 Å². The molecule has 2 N–H and O–H groups in total. The van der Waals surface area contributed by atoms with Gasteiger partial charge in [0.2, 0.25) is 11.8 Å². The number of carbonyl (C=O) groups is 2. The number of hydrogen-bond donors (Lipinski definition) is 2. The van der Waals surface area contributed by atoms with Crippen LogP contribution >= 0.6 is 0 Å². The van der Waals surface area contributed by atoms with E-state index in [0.717, 1.165) is 11.3 Å². The van der Waals surface area contributed by atoms with Gasteiger partial charge >= 0.3 is 0 Å². The van der Waals surface area contributed by atoms with Crippen LogP contribution in [-0.4, -0.2) is 31.7 Å². The van der Waals surface area contributed by atoms with E-state index in [-0.39, 0.29) is 12.3 Å². The average Bonchev–Trinajstić information content (AvgIpc) is 2.45. The van der Waals surface area contributed by atoms with E-state index in [1.807, 2.05) is 0 Å². The van der Waals surface area contributed by atoms with Crippen molar-refractivity contribution in [3.8, 4) is 5.75 Å². The van der Waals surface area contributed by atoms with Crippen molar-refractivity contribution < 1.29 is 14.3 Å². The molecule has 0 fully saturated rings. The fraction of sp³-hybridized carbons (Fsp3) is 0.214. The third-order valence-corrected chi connectivity index (χ3v) is 2.28. The summed E-state index contributed by atoms with van der Waals surface area (Å²) < 4.78 is 5.02. The van der Waals surface area contributed by atoms with Crippen LogP contribution in [0.25, 0.3) is 0 Å². The minimum atomic E-state index is -0.476. The van der Waals surface area contributed by atoms with Crippen LogP contribution in [0.2, 0.25) is 0 Å². The van der Waals surface area contributed by atoms with Gasteiger partial charge in [0, 0.05) is 6.54 Å². The Hall–Kier alpha value is -2.63. The summed E-state index contributed by atoms with van der Waals surface area (Å²) in [6.45, 7) is 3.79. The van der Waals surface area contributed by atoms with E-state index in [0.29, 0.717) is 6.54 Å². The number of hydrogen-bond acceptors (Lipinski definition) is 4. The Balaban J connectivity index is 2.37. The van der Waals surface area contributed by atoms with Crippen LogP contribution in [0.4, 0.5) is 0 Å². The van der Waals surface area contributed by atoms with Gasteiger partial charge in [-0.25, -0.2) is 5.43 Å². The van der Waals surface area contributed by atoms with Crippen molar-refractivity contribution in [2.75, 3.05) is 13.7 Å². The van der Waals surface area contributed by atoms with Crippen LogP contribution < -0.4 is 15.5 Å². The van der Waals surface area contributed by atoms with Crippen LogP contribution in [0, 0.1) is 0 Å². The van der Waals surface area contributed by atoms with Crippen LogP contribution in [0.3, 0.4) is 0 Å². The first kappa shape index (κ1) is 15.4. The highest BCUT2D eigenvalue weighted by Crippen LogP contribution is 2.09. The third-order valence-electron chi connectivity index (χ3n) is 2.28. The first-order valence-corrected chi connectivity index (χ1v) is 5.99. The molecule has 1 aromatic rings. The molecule has 6 heteroatoms. The van der Waals surface area contributed by atoms with Gasteiger partial charge in [-0.05, 0) is 29.8 Å². The summed E-state index contributed by atoms with van der Waals surface area (Å²) in [6.07, 6.45) is 2.75. The van der Waals surface area contributed by atoms with Crippen molar-refractivity contribution in [1.82, 2.24) is 10.7 Å². The van der Waals surface area contributed by atoms with Gasteiger partial charge in [-0.1, -0.05) is 6.08 Å². The maximum atomic E-state index is 11.4. The summed E-state index contributed by atoms with van der Waals surface area (Å²) >= 11 is 0. The number of benzene rings is 1. The molecule has 0 spiro atoms. The first-order valence-electron chi connectivity index (χ1n) is 5.99. The molecule has 2 amide bonds. The summed E-state index contributed by atoms with van der Waals surface area (Å²) in [4.78, 5) is 22.6. The molecule has 0 aliphatic heterocycles. The van der Waals surface area contributed by atoms with Crippen molar-refractivity contribution in [1.29, 1.82) is 0 Å². The number of rotatable bonds is 7. The highest BCUT2D eigenvalue weighted by molar-refractivity contribution is 5.97. The van der Waals surface area contributed by atoms with Crippen molar-refractivity contribution in [3.05, 3.63) is 42.5 Å². The summed E-state index contributed by atoms with van der Waals surface area (Å²) in [5.74, 6) is -0.108. The first-order chi connectivity index (χ1) is 9.65. The van der Waals surface area contributed by atoms with Crippen molar-refractivity contribution in [2.45, 2.75) is 6.42 Å². The van der Waals surface area contributed by atoms with Gasteiger partial charge in [-0.3, -0.25) is 9.59 Å². The van der Waals surface area contributed by atoms with Gasteiger partial charge in [0.05, 0.1) is 13.3 Å². The van der Waals surface area contributed by atoms with Crippen LogP contribution in [0.1, 0.15) is 12.0 Å². The smallest absolute Gasteiger partial charge is 0.249 e. The molecule has 0 radical (unpaired) electrons. The second-order valence-electron chi connectivity index (χ2n) is 3.84. The van der Waals surface area contributed by atoms with Gasteiger partial charge < -0.3 is 10.1 Å². The van der Waals surface area contributed by atoms with Crippen molar-refractivity contribution in [2.24, 2.45) is 5.10 Å². The molecule has 6 nitrogen and oxygen atoms in total. The number of ether oxygens (including phenoxy) is 1. The average molecular weight is 275 g/mol. The fourth-order valence-corrected chi connectivity index (χ4v) is 1.30. The Morgan fingerprint density at radius 1 is 1.30 bits per heavy atom. The van der Waals surface area contributed by atoms with Gasteiger partial charge in [0.15, 0.2) is 0 Å². The molecule has 1 rings (SSSR count). The molecule has 0 saturated heterocycles. The lowest BCUT2D eigenvalue weighted by Crippen LogP contribution is -2.29. The van der Waals surface area contributed by atoms with Gasteiger partial charge in [-0.15, -0.1) is 6.58 Å². The third kappa shape index (κ3) is 5.81. The zero-order chi connectivity index (χ0) is 14.8. The SMILES string of the molecule is C=CCNC(=O)CC(=O)N/N=C/c1ccc(OC)cc1. The number of hydrazone groups is 1. The number of nitrogens with zero attached hydrogens (tertiary/aromatic N) is 1. The van der Waals surface area contributed by atoms with Crippen molar-refractivity contribution in [3.63, 3.8) is 0 Å². The zero-order valence-corrected chi connectivity index (χ0v) is 11.3. The molecule has 1 aromatic carbocycles. The second-order valence-corrected chi connectivity index (χ2v) is 3.84. The van der Waals surface area contributed by atoms with Crippen molar-refractivity contribution >= 4 is 18.0 Å². The van der Waals surface area contributed by atoms with Crippen LogP contribution in [0.5, 0.6) is 5.75 Å². The highest BCUT2D eigenvalue weighted by Gasteiger charge is 2.06. The lowest BCUT2D eigenvalue weighted by Gasteiger charge is -2.01. The predicted octanol–water partition coefficient (Wildman–Crippen LogP) is 0.838. The lowest BCUT2D eigenvalue weighted by molar-refractivity contribution is -0.129. The molecular weight excluding hydrogens is 258 g/mol.